The van der Waals surface area contributed by atoms with Gasteiger partial charge in [0.25, 0.3) is 6.43 Å². The van der Waals surface area contributed by atoms with Crippen molar-refractivity contribution in [2.24, 2.45) is 0 Å². The monoisotopic (exact) mass is 244 g/mol. The maximum absolute atomic E-state index is 13.1. The van der Waals surface area contributed by atoms with Crippen molar-refractivity contribution in [2.75, 3.05) is 7.11 Å². The Labute approximate surface area is 94.6 Å². The van der Waals surface area contributed by atoms with E-state index in [0.29, 0.717) is 0 Å². The van der Waals surface area contributed by atoms with Crippen LogP contribution in [0.15, 0.2) is 6.20 Å². The largest absolute Gasteiger partial charge is 0.469 e. The number of esters is 1. The molecule has 0 saturated carbocycles. The summed E-state index contributed by atoms with van der Waals surface area (Å²) in [6, 6.07) is 1.58. The summed E-state index contributed by atoms with van der Waals surface area (Å²) in [7, 11) is 1.06. The Morgan fingerprint density at radius 3 is 2.76 bits per heavy atom. The molecular formula is C10H7F3N2O2. The van der Waals surface area contributed by atoms with Gasteiger partial charge in [-0.25, -0.2) is 13.8 Å². The number of hydrogen-bond acceptors (Lipinski definition) is 4. The fourth-order valence-electron chi connectivity index (χ4n) is 1.26. The van der Waals surface area contributed by atoms with Crippen molar-refractivity contribution in [3.8, 4) is 6.07 Å². The number of halogens is 3. The van der Waals surface area contributed by atoms with Gasteiger partial charge in [-0.15, -0.1) is 0 Å². The van der Waals surface area contributed by atoms with Gasteiger partial charge in [-0.1, -0.05) is 0 Å². The molecule has 0 radical (unpaired) electrons. The maximum atomic E-state index is 13.1. The molecule has 0 unspecified atom stereocenters. The second kappa shape index (κ2) is 5.30. The van der Waals surface area contributed by atoms with Gasteiger partial charge in [-0.2, -0.15) is 9.65 Å². The van der Waals surface area contributed by atoms with Crippen LogP contribution in [0.25, 0.3) is 0 Å². The molecule has 4 nitrogen and oxygen atoms in total. The number of aromatic nitrogens is 1. The molecule has 17 heavy (non-hydrogen) atoms. The lowest BCUT2D eigenvalue weighted by Crippen LogP contribution is -2.11. The molecule has 1 aromatic rings. The quantitative estimate of drug-likeness (QED) is 0.600. The minimum absolute atomic E-state index is 0.271. The van der Waals surface area contributed by atoms with E-state index < -0.39 is 30.3 Å². The number of pyridine rings is 1. The molecule has 0 spiro atoms. The third-order valence-corrected chi connectivity index (χ3v) is 2.07. The van der Waals surface area contributed by atoms with Crippen LogP contribution in [0.3, 0.4) is 0 Å². The van der Waals surface area contributed by atoms with Crippen LogP contribution >= 0.6 is 0 Å². The third kappa shape index (κ3) is 2.72. The first kappa shape index (κ1) is 13.0. The van der Waals surface area contributed by atoms with E-state index >= 15 is 0 Å². The topological polar surface area (TPSA) is 63.0 Å². The number of carbonyl (C=O) groups excluding carboxylic acids is 1. The summed E-state index contributed by atoms with van der Waals surface area (Å²) in [4.78, 5) is 14.1. The summed E-state index contributed by atoms with van der Waals surface area (Å²) in [6.45, 7) is 0. The smallest absolute Gasteiger partial charge is 0.310 e. The minimum Gasteiger partial charge on any atom is -0.469 e. The van der Waals surface area contributed by atoms with Crippen molar-refractivity contribution in [1.82, 2.24) is 4.98 Å². The Hall–Kier alpha value is -2.10. The Bertz CT molecular complexity index is 483. The van der Waals surface area contributed by atoms with Crippen LogP contribution in [-0.2, 0) is 16.0 Å². The Kier molecular flexibility index (Phi) is 4.04. The predicted molar refractivity (Wildman–Crippen MR) is 49.6 cm³/mol. The number of ether oxygens (including phenoxy) is 1. The predicted octanol–water partition coefficient (Wildman–Crippen LogP) is 1.75. The molecule has 0 aromatic carbocycles. The number of methoxy groups -OCH3 is 1. The van der Waals surface area contributed by atoms with E-state index in [0.717, 1.165) is 13.3 Å². The third-order valence-electron chi connectivity index (χ3n) is 2.07. The second-order valence-electron chi connectivity index (χ2n) is 3.02. The molecule has 1 heterocycles. The van der Waals surface area contributed by atoms with Crippen molar-refractivity contribution in [1.29, 1.82) is 5.26 Å². The lowest BCUT2D eigenvalue weighted by Gasteiger charge is -2.09. The molecule has 0 fully saturated rings. The minimum atomic E-state index is -3.16. The molecule has 0 aliphatic heterocycles. The molecule has 0 saturated heterocycles. The summed E-state index contributed by atoms with van der Waals surface area (Å²) >= 11 is 0. The van der Waals surface area contributed by atoms with Crippen LogP contribution in [0.5, 0.6) is 0 Å². The van der Waals surface area contributed by atoms with Gasteiger partial charge < -0.3 is 4.74 Å². The number of nitrogens with zero attached hydrogens (tertiary/aromatic N) is 2. The zero-order chi connectivity index (χ0) is 13.0. The van der Waals surface area contributed by atoms with E-state index in [1.165, 1.54) is 0 Å². The van der Waals surface area contributed by atoms with Crippen molar-refractivity contribution in [3.63, 3.8) is 0 Å². The first-order valence-electron chi connectivity index (χ1n) is 4.43. The van der Waals surface area contributed by atoms with Gasteiger partial charge >= 0.3 is 5.97 Å². The van der Waals surface area contributed by atoms with E-state index in [9.17, 15) is 18.0 Å². The molecule has 0 atom stereocenters. The standard InChI is InChI=1S/C10H7F3N2O2/c1-17-7(16)2-6-5(3-14)4-15-10(13)8(6)9(11)12/h4,9H,2H2,1H3. The molecule has 1 rings (SSSR count). The van der Waals surface area contributed by atoms with Crippen molar-refractivity contribution < 1.29 is 22.7 Å². The molecule has 0 N–H and O–H groups in total. The van der Waals surface area contributed by atoms with Crippen LogP contribution in [-0.4, -0.2) is 18.1 Å². The van der Waals surface area contributed by atoms with Crippen molar-refractivity contribution >= 4 is 5.97 Å². The van der Waals surface area contributed by atoms with Gasteiger partial charge in [0.15, 0.2) is 0 Å². The summed E-state index contributed by atoms with van der Waals surface area (Å²) < 4.78 is 42.6. The molecule has 0 amide bonds. The van der Waals surface area contributed by atoms with Crippen LogP contribution in [0.2, 0.25) is 0 Å². The van der Waals surface area contributed by atoms with Crippen LogP contribution in [0.4, 0.5) is 13.2 Å². The molecule has 90 valence electrons. The zero-order valence-corrected chi connectivity index (χ0v) is 8.71. The molecule has 0 bridgehead atoms. The highest BCUT2D eigenvalue weighted by molar-refractivity contribution is 5.74. The van der Waals surface area contributed by atoms with E-state index in [-0.39, 0.29) is 11.1 Å². The average Bonchev–Trinajstić information content (AvgIpc) is 2.28. The molecule has 0 aliphatic rings. The summed E-state index contributed by atoms with van der Waals surface area (Å²) in [5.41, 5.74) is -1.69. The fraction of sp³-hybridized carbons (Fsp3) is 0.300. The SMILES string of the molecule is COC(=O)Cc1c(C#N)cnc(F)c1C(F)F. The van der Waals surface area contributed by atoms with Gasteiger partial charge in [-0.3, -0.25) is 4.79 Å². The van der Waals surface area contributed by atoms with E-state index in [2.05, 4.69) is 9.72 Å². The first-order chi connectivity index (χ1) is 8.01. The van der Waals surface area contributed by atoms with Gasteiger partial charge in [0.05, 0.1) is 24.7 Å². The summed E-state index contributed by atoms with van der Waals surface area (Å²) in [5, 5.41) is 8.69. The molecule has 7 heteroatoms. The average molecular weight is 244 g/mol. The van der Waals surface area contributed by atoms with Gasteiger partial charge in [0, 0.05) is 6.20 Å². The second-order valence-corrected chi connectivity index (χ2v) is 3.02. The number of alkyl halides is 2. The van der Waals surface area contributed by atoms with Crippen LogP contribution in [0, 0.1) is 17.3 Å². The van der Waals surface area contributed by atoms with E-state index in [4.69, 9.17) is 5.26 Å². The zero-order valence-electron chi connectivity index (χ0n) is 8.71. The Morgan fingerprint density at radius 2 is 2.29 bits per heavy atom. The van der Waals surface area contributed by atoms with Gasteiger partial charge in [0.2, 0.25) is 5.95 Å². The number of hydrogen-bond donors (Lipinski definition) is 0. The van der Waals surface area contributed by atoms with E-state index in [1.54, 1.807) is 6.07 Å². The van der Waals surface area contributed by atoms with Crippen molar-refractivity contribution in [2.45, 2.75) is 12.8 Å². The molecule has 0 aliphatic carbocycles. The molecule has 1 aromatic heterocycles. The van der Waals surface area contributed by atoms with Crippen molar-refractivity contribution in [3.05, 3.63) is 28.8 Å². The summed E-state index contributed by atoms with van der Waals surface area (Å²) in [6.07, 6.45) is -2.95. The summed E-state index contributed by atoms with van der Waals surface area (Å²) in [5.74, 6) is -2.23. The lowest BCUT2D eigenvalue weighted by atomic mass is 10.0. The Balaban J connectivity index is 3.36. The Morgan fingerprint density at radius 1 is 1.65 bits per heavy atom. The highest BCUT2D eigenvalue weighted by atomic mass is 19.3. The fourth-order valence-corrected chi connectivity index (χ4v) is 1.26. The maximum Gasteiger partial charge on any atom is 0.310 e. The highest BCUT2D eigenvalue weighted by Crippen LogP contribution is 2.27. The lowest BCUT2D eigenvalue weighted by molar-refractivity contribution is -0.139. The molecular weight excluding hydrogens is 237 g/mol. The van der Waals surface area contributed by atoms with E-state index in [1.807, 2.05) is 0 Å². The number of rotatable bonds is 3. The highest BCUT2D eigenvalue weighted by Gasteiger charge is 2.24. The normalized spacial score (nSPS) is 10.1. The van der Waals surface area contributed by atoms with Gasteiger partial charge in [-0.05, 0) is 5.56 Å². The first-order valence-corrected chi connectivity index (χ1v) is 4.43. The number of carbonyl (C=O) groups is 1. The number of nitriles is 1. The van der Waals surface area contributed by atoms with Crippen LogP contribution in [0.1, 0.15) is 23.1 Å². The van der Waals surface area contributed by atoms with Crippen LogP contribution < -0.4 is 0 Å². The van der Waals surface area contributed by atoms with Gasteiger partial charge in [0.1, 0.15) is 6.07 Å².